The first-order valence-electron chi connectivity index (χ1n) is 8.02. The molecule has 3 heteroatoms. The lowest BCUT2D eigenvalue weighted by atomic mass is 10.2. The monoisotopic (exact) mass is 323 g/mol. The van der Waals surface area contributed by atoms with Crippen molar-refractivity contribution in [3.8, 4) is 5.69 Å². The topological polar surface area (TPSA) is 8.81 Å². The molecule has 0 saturated carbocycles. The van der Waals surface area contributed by atoms with Crippen LogP contribution < -0.4 is 4.57 Å². The van der Waals surface area contributed by atoms with E-state index in [-0.39, 0.29) is 0 Å². The van der Waals surface area contributed by atoms with E-state index in [1.807, 2.05) is 0 Å². The highest BCUT2D eigenvalue weighted by molar-refractivity contribution is 7.10. The Kier molecular flexibility index (Phi) is 4.49. The molecule has 0 amide bonds. The van der Waals surface area contributed by atoms with Crippen LogP contribution in [0.15, 0.2) is 41.8 Å². The molecule has 0 spiro atoms. The van der Waals surface area contributed by atoms with Gasteiger partial charge < -0.3 is 4.57 Å². The number of hydrogen-bond donors (Lipinski definition) is 0. The molecule has 1 aromatic carbocycles. The molecule has 0 unspecified atom stereocenters. The van der Waals surface area contributed by atoms with Crippen molar-refractivity contribution in [2.75, 3.05) is 0 Å². The first-order chi connectivity index (χ1) is 11.1. The van der Waals surface area contributed by atoms with Gasteiger partial charge in [0.2, 0.25) is 0 Å². The minimum atomic E-state index is 1.01. The summed E-state index contributed by atoms with van der Waals surface area (Å²) < 4.78 is 4.66. The van der Waals surface area contributed by atoms with E-state index in [0.29, 0.717) is 0 Å². The largest absolute Gasteiger partial charge is 0.318 e. The third-order valence-electron chi connectivity index (χ3n) is 4.25. The smallest absolute Gasteiger partial charge is 0.261 e. The van der Waals surface area contributed by atoms with E-state index in [0.717, 1.165) is 6.54 Å². The second-order valence-corrected chi connectivity index (χ2v) is 6.68. The predicted octanol–water partition coefficient (Wildman–Crippen LogP) is 4.94. The average molecular weight is 323 g/mol. The number of thiazole rings is 1. The highest BCUT2D eigenvalue weighted by atomic mass is 32.1. The number of aryl methyl sites for hydroxylation is 2. The molecule has 2 aromatic heterocycles. The second-order valence-electron chi connectivity index (χ2n) is 5.79. The summed E-state index contributed by atoms with van der Waals surface area (Å²) in [6.07, 6.45) is 4.47. The molecule has 0 aliphatic heterocycles. The zero-order valence-corrected chi connectivity index (χ0v) is 15.0. The van der Waals surface area contributed by atoms with Crippen molar-refractivity contribution in [3.63, 3.8) is 0 Å². The van der Waals surface area contributed by atoms with Gasteiger partial charge in [-0.05, 0) is 50.6 Å². The van der Waals surface area contributed by atoms with Crippen LogP contribution in [-0.4, -0.2) is 4.57 Å². The third kappa shape index (κ3) is 3.02. The number of rotatable bonds is 4. The minimum Gasteiger partial charge on any atom is -0.318 e. The number of aromatic nitrogens is 2. The summed E-state index contributed by atoms with van der Waals surface area (Å²) in [5, 5.41) is 3.52. The molecule has 0 bridgehead atoms. The maximum Gasteiger partial charge on any atom is 0.261 e. The van der Waals surface area contributed by atoms with Gasteiger partial charge in [-0.1, -0.05) is 29.5 Å². The van der Waals surface area contributed by atoms with E-state index < -0.39 is 0 Å². The van der Waals surface area contributed by atoms with Gasteiger partial charge in [0, 0.05) is 30.1 Å². The maximum atomic E-state index is 2.34. The SMILES string of the molecule is CC[n+]1c(C)csc1/C=C/c1cc(C)n(-c2ccccc2)c1C. The molecule has 0 fully saturated rings. The molecule has 0 atom stereocenters. The van der Waals surface area contributed by atoms with Crippen molar-refractivity contribution >= 4 is 23.5 Å². The molecule has 3 rings (SSSR count). The first kappa shape index (κ1) is 15.8. The number of para-hydroxylation sites is 1. The Bertz CT molecular complexity index is 838. The fourth-order valence-corrected chi connectivity index (χ4v) is 4.04. The van der Waals surface area contributed by atoms with E-state index in [1.54, 1.807) is 11.3 Å². The minimum absolute atomic E-state index is 1.01. The van der Waals surface area contributed by atoms with Crippen LogP contribution in [0.2, 0.25) is 0 Å². The highest BCUT2D eigenvalue weighted by Crippen LogP contribution is 2.22. The van der Waals surface area contributed by atoms with Crippen LogP contribution in [0.5, 0.6) is 0 Å². The Morgan fingerprint density at radius 2 is 1.83 bits per heavy atom. The first-order valence-corrected chi connectivity index (χ1v) is 8.90. The highest BCUT2D eigenvalue weighted by Gasteiger charge is 2.13. The van der Waals surface area contributed by atoms with Crippen LogP contribution in [0.3, 0.4) is 0 Å². The lowest BCUT2D eigenvalue weighted by molar-refractivity contribution is -0.696. The lowest BCUT2D eigenvalue weighted by Gasteiger charge is -2.09. The van der Waals surface area contributed by atoms with Crippen LogP contribution >= 0.6 is 11.3 Å². The van der Waals surface area contributed by atoms with Crippen molar-refractivity contribution in [1.82, 2.24) is 4.57 Å². The van der Waals surface area contributed by atoms with E-state index in [1.165, 1.54) is 33.3 Å². The number of benzene rings is 1. The van der Waals surface area contributed by atoms with Gasteiger partial charge >= 0.3 is 0 Å². The van der Waals surface area contributed by atoms with Gasteiger partial charge in [-0.3, -0.25) is 0 Å². The van der Waals surface area contributed by atoms with Crippen LogP contribution in [0.1, 0.15) is 34.6 Å². The van der Waals surface area contributed by atoms with E-state index in [4.69, 9.17) is 0 Å². The summed E-state index contributed by atoms with van der Waals surface area (Å²) in [4.78, 5) is 0. The van der Waals surface area contributed by atoms with Crippen molar-refractivity contribution < 1.29 is 4.57 Å². The van der Waals surface area contributed by atoms with Gasteiger partial charge in [0.25, 0.3) is 5.01 Å². The molecular formula is C20H23N2S+. The quantitative estimate of drug-likeness (QED) is 0.601. The fraction of sp³-hybridized carbons (Fsp3) is 0.250. The van der Waals surface area contributed by atoms with Crippen LogP contribution in [0.4, 0.5) is 0 Å². The molecule has 3 aromatic rings. The summed E-state index contributed by atoms with van der Waals surface area (Å²) in [5.41, 5.74) is 6.37. The van der Waals surface area contributed by atoms with Crippen molar-refractivity contribution in [3.05, 3.63) is 69.4 Å². The van der Waals surface area contributed by atoms with Crippen molar-refractivity contribution in [2.24, 2.45) is 0 Å². The number of nitrogens with zero attached hydrogens (tertiary/aromatic N) is 2. The molecule has 118 valence electrons. The Morgan fingerprint density at radius 1 is 1.09 bits per heavy atom. The van der Waals surface area contributed by atoms with E-state index >= 15 is 0 Å². The van der Waals surface area contributed by atoms with Gasteiger partial charge in [0.15, 0.2) is 5.69 Å². The lowest BCUT2D eigenvalue weighted by Crippen LogP contribution is -2.35. The van der Waals surface area contributed by atoms with Gasteiger partial charge in [-0.25, -0.2) is 0 Å². The second kappa shape index (κ2) is 6.55. The van der Waals surface area contributed by atoms with Gasteiger partial charge in [0.1, 0.15) is 6.54 Å². The third-order valence-corrected chi connectivity index (χ3v) is 5.31. The van der Waals surface area contributed by atoms with E-state index in [9.17, 15) is 0 Å². The summed E-state index contributed by atoms with van der Waals surface area (Å²) in [7, 11) is 0. The average Bonchev–Trinajstić information content (AvgIpc) is 3.05. The molecular weight excluding hydrogens is 300 g/mol. The predicted molar refractivity (Wildman–Crippen MR) is 99.1 cm³/mol. The maximum absolute atomic E-state index is 2.34. The van der Waals surface area contributed by atoms with Gasteiger partial charge in [-0.15, -0.1) is 0 Å². The summed E-state index contributed by atoms with van der Waals surface area (Å²) >= 11 is 1.80. The Labute approximate surface area is 142 Å². The summed E-state index contributed by atoms with van der Waals surface area (Å²) in [6.45, 7) is 9.72. The zero-order valence-electron chi connectivity index (χ0n) is 14.2. The molecule has 0 aliphatic rings. The van der Waals surface area contributed by atoms with Crippen LogP contribution in [-0.2, 0) is 6.54 Å². The summed E-state index contributed by atoms with van der Waals surface area (Å²) in [5.74, 6) is 0. The Morgan fingerprint density at radius 3 is 2.52 bits per heavy atom. The van der Waals surface area contributed by atoms with Crippen molar-refractivity contribution in [2.45, 2.75) is 34.2 Å². The molecule has 0 radical (unpaired) electrons. The summed E-state index contributed by atoms with van der Waals surface area (Å²) in [6, 6.07) is 12.8. The van der Waals surface area contributed by atoms with E-state index in [2.05, 4.69) is 90.8 Å². The zero-order chi connectivity index (χ0) is 16.4. The molecule has 23 heavy (non-hydrogen) atoms. The Hall–Kier alpha value is -2.13. The molecule has 2 heterocycles. The fourth-order valence-electron chi connectivity index (χ4n) is 3.07. The van der Waals surface area contributed by atoms with Crippen LogP contribution in [0, 0.1) is 20.8 Å². The molecule has 2 nitrogen and oxygen atoms in total. The molecule has 0 saturated heterocycles. The van der Waals surface area contributed by atoms with Crippen LogP contribution in [0.25, 0.3) is 17.8 Å². The standard InChI is InChI=1S/C20H23N2S/c1-5-21-16(3)14-23-20(21)12-11-18-13-15(2)22(17(18)4)19-9-7-6-8-10-19/h6-14H,5H2,1-4H3/q+1. The van der Waals surface area contributed by atoms with Gasteiger partial charge in [-0.2, -0.15) is 4.57 Å². The normalized spacial score (nSPS) is 11.5. The van der Waals surface area contributed by atoms with Gasteiger partial charge in [0.05, 0.1) is 5.38 Å². The van der Waals surface area contributed by atoms with Crippen molar-refractivity contribution in [1.29, 1.82) is 0 Å². The number of hydrogen-bond acceptors (Lipinski definition) is 1. The molecule has 0 aliphatic carbocycles. The Balaban J connectivity index is 1.97. The molecule has 0 N–H and O–H groups in total.